The average Bonchev–Trinajstić information content (AvgIpc) is 1.88. The molecule has 0 amide bonds. The van der Waals surface area contributed by atoms with Crippen LogP contribution in [0.4, 0.5) is 0 Å². The van der Waals surface area contributed by atoms with Crippen LogP contribution in [0, 0.1) is 0 Å². The van der Waals surface area contributed by atoms with Crippen molar-refractivity contribution in [2.75, 3.05) is 6.54 Å². The van der Waals surface area contributed by atoms with Gasteiger partial charge in [0.15, 0.2) is 5.96 Å². The minimum Gasteiger partial charge on any atom is -0.354 e. The Hall–Kier alpha value is -0.990. The Bertz CT molecular complexity index is 158. The lowest BCUT2D eigenvalue weighted by atomic mass is 10.4. The predicted octanol–water partition coefficient (Wildman–Crippen LogP) is 0.457. The van der Waals surface area contributed by atoms with Crippen LogP contribution in [0.3, 0.4) is 0 Å². The molecule has 1 rings (SSSR count). The molecule has 3 heteroatoms. The molecule has 3 nitrogen and oxygen atoms in total. The summed E-state index contributed by atoms with van der Waals surface area (Å²) in [6.45, 7) is 5.05. The van der Waals surface area contributed by atoms with E-state index in [0.29, 0.717) is 6.04 Å². The number of aliphatic imine (C=N–C) groups is 1. The van der Waals surface area contributed by atoms with E-state index in [4.69, 9.17) is 0 Å². The van der Waals surface area contributed by atoms with Gasteiger partial charge < -0.3 is 10.6 Å². The zero-order valence-corrected chi connectivity index (χ0v) is 6.39. The molecule has 1 heterocycles. The molecule has 10 heavy (non-hydrogen) atoms. The van der Waals surface area contributed by atoms with Gasteiger partial charge in [-0.3, -0.25) is 0 Å². The van der Waals surface area contributed by atoms with Crippen molar-refractivity contribution in [2.24, 2.45) is 4.99 Å². The number of rotatable bonds is 1. The van der Waals surface area contributed by atoms with E-state index in [2.05, 4.69) is 29.5 Å². The lowest BCUT2D eigenvalue weighted by Crippen LogP contribution is -2.41. The number of hydrogen-bond acceptors (Lipinski definition) is 3. The fourth-order valence-corrected chi connectivity index (χ4v) is 0.743. The van der Waals surface area contributed by atoms with Crippen molar-refractivity contribution >= 4 is 5.96 Å². The molecule has 0 saturated heterocycles. The fraction of sp³-hybridized carbons (Fsp3) is 0.571. The zero-order valence-electron chi connectivity index (χ0n) is 6.39. The Balaban J connectivity index is 2.39. The standard InChI is InChI=1S/C7H13N3/c1-6(2)10-7-8-4-3-5-9-7/h3-4,6H,5H2,1-2H3,(H2,8,9,10). The van der Waals surface area contributed by atoms with Gasteiger partial charge in [-0.15, -0.1) is 0 Å². The quantitative estimate of drug-likeness (QED) is 0.553. The van der Waals surface area contributed by atoms with E-state index < -0.39 is 0 Å². The molecule has 0 fully saturated rings. The van der Waals surface area contributed by atoms with E-state index in [1.54, 1.807) is 6.20 Å². The first-order valence-electron chi connectivity index (χ1n) is 3.52. The lowest BCUT2D eigenvalue weighted by molar-refractivity contribution is 0.707. The van der Waals surface area contributed by atoms with Crippen molar-refractivity contribution in [1.82, 2.24) is 10.6 Å². The normalized spacial score (nSPS) is 16.5. The minimum absolute atomic E-state index is 0.442. The highest BCUT2D eigenvalue weighted by Gasteiger charge is 1.99. The number of nitrogens with one attached hydrogen (secondary N) is 2. The Morgan fingerprint density at radius 1 is 1.70 bits per heavy atom. The predicted molar refractivity (Wildman–Crippen MR) is 42.8 cm³/mol. The summed E-state index contributed by atoms with van der Waals surface area (Å²) in [5, 5.41) is 6.27. The van der Waals surface area contributed by atoms with Crippen LogP contribution in [0.15, 0.2) is 17.3 Å². The van der Waals surface area contributed by atoms with E-state index >= 15 is 0 Å². The fourth-order valence-electron chi connectivity index (χ4n) is 0.743. The van der Waals surface area contributed by atoms with Gasteiger partial charge >= 0.3 is 0 Å². The summed E-state index contributed by atoms with van der Waals surface area (Å²) < 4.78 is 0. The second kappa shape index (κ2) is 3.25. The van der Waals surface area contributed by atoms with Crippen LogP contribution in [0.5, 0.6) is 0 Å². The zero-order chi connectivity index (χ0) is 7.40. The smallest absolute Gasteiger partial charge is 0.196 e. The third-order valence-electron chi connectivity index (χ3n) is 1.12. The van der Waals surface area contributed by atoms with Crippen molar-refractivity contribution < 1.29 is 0 Å². The van der Waals surface area contributed by atoms with Crippen molar-refractivity contribution in [3.63, 3.8) is 0 Å². The van der Waals surface area contributed by atoms with Gasteiger partial charge in [0.1, 0.15) is 0 Å². The topological polar surface area (TPSA) is 36.4 Å². The Morgan fingerprint density at radius 2 is 2.50 bits per heavy atom. The molecule has 2 N–H and O–H groups in total. The molecule has 1 aliphatic rings. The maximum atomic E-state index is 4.08. The van der Waals surface area contributed by atoms with Crippen LogP contribution < -0.4 is 10.6 Å². The summed E-state index contributed by atoms with van der Waals surface area (Å²) in [6.07, 6.45) is 3.78. The van der Waals surface area contributed by atoms with Gasteiger partial charge in [-0.05, 0) is 19.9 Å². The molecule has 0 aromatic rings. The summed E-state index contributed by atoms with van der Waals surface area (Å²) in [5.74, 6) is 0.873. The highest BCUT2D eigenvalue weighted by Crippen LogP contribution is 1.84. The van der Waals surface area contributed by atoms with Crippen molar-refractivity contribution in [1.29, 1.82) is 0 Å². The van der Waals surface area contributed by atoms with Gasteiger partial charge in [-0.1, -0.05) is 0 Å². The summed E-state index contributed by atoms with van der Waals surface area (Å²) >= 11 is 0. The summed E-state index contributed by atoms with van der Waals surface area (Å²) in [6, 6.07) is 0.442. The average molecular weight is 139 g/mol. The molecular formula is C7H13N3. The van der Waals surface area contributed by atoms with Crippen LogP contribution in [0.2, 0.25) is 0 Å². The highest BCUT2D eigenvalue weighted by atomic mass is 15.2. The molecule has 0 spiro atoms. The maximum absolute atomic E-state index is 4.08. The summed E-state index contributed by atoms with van der Waals surface area (Å²) in [7, 11) is 0. The van der Waals surface area contributed by atoms with Crippen LogP contribution in [-0.4, -0.2) is 18.5 Å². The molecule has 0 radical (unpaired) electrons. The molecule has 0 aromatic heterocycles. The summed E-state index contributed by atoms with van der Waals surface area (Å²) in [5.41, 5.74) is 0. The SMILES string of the molecule is CC(C)NC1=NC=CCN1. The van der Waals surface area contributed by atoms with Gasteiger partial charge in [-0.2, -0.15) is 0 Å². The Morgan fingerprint density at radius 3 is 3.00 bits per heavy atom. The van der Waals surface area contributed by atoms with Crippen molar-refractivity contribution in [3.05, 3.63) is 12.3 Å². The maximum Gasteiger partial charge on any atom is 0.196 e. The first-order chi connectivity index (χ1) is 4.79. The third kappa shape index (κ3) is 2.09. The molecule has 0 unspecified atom stereocenters. The van der Waals surface area contributed by atoms with E-state index in [0.717, 1.165) is 12.5 Å². The van der Waals surface area contributed by atoms with E-state index in [-0.39, 0.29) is 0 Å². The van der Waals surface area contributed by atoms with E-state index in [1.165, 1.54) is 0 Å². The Kier molecular flexibility index (Phi) is 2.31. The van der Waals surface area contributed by atoms with Crippen molar-refractivity contribution in [2.45, 2.75) is 19.9 Å². The third-order valence-corrected chi connectivity index (χ3v) is 1.12. The minimum atomic E-state index is 0.442. The molecule has 0 atom stereocenters. The first-order valence-corrected chi connectivity index (χ1v) is 3.52. The largest absolute Gasteiger partial charge is 0.354 e. The molecule has 56 valence electrons. The number of hydrogen-bond donors (Lipinski definition) is 2. The van der Waals surface area contributed by atoms with Crippen LogP contribution >= 0.6 is 0 Å². The number of nitrogens with zero attached hydrogens (tertiary/aromatic N) is 1. The molecule has 0 aliphatic carbocycles. The van der Waals surface area contributed by atoms with E-state index in [1.807, 2.05) is 6.08 Å². The first kappa shape index (κ1) is 7.12. The van der Waals surface area contributed by atoms with Crippen LogP contribution in [0.1, 0.15) is 13.8 Å². The van der Waals surface area contributed by atoms with Crippen LogP contribution in [-0.2, 0) is 0 Å². The van der Waals surface area contributed by atoms with Gasteiger partial charge in [-0.25, -0.2) is 4.99 Å². The second-order valence-electron chi connectivity index (χ2n) is 2.54. The monoisotopic (exact) mass is 139 g/mol. The van der Waals surface area contributed by atoms with Gasteiger partial charge in [0, 0.05) is 18.8 Å². The second-order valence-corrected chi connectivity index (χ2v) is 2.54. The van der Waals surface area contributed by atoms with Crippen LogP contribution in [0.25, 0.3) is 0 Å². The molecule has 1 aliphatic heterocycles. The Labute approximate surface area is 61.2 Å². The lowest BCUT2D eigenvalue weighted by Gasteiger charge is -2.14. The van der Waals surface area contributed by atoms with E-state index in [9.17, 15) is 0 Å². The van der Waals surface area contributed by atoms with Gasteiger partial charge in [0.25, 0.3) is 0 Å². The highest BCUT2D eigenvalue weighted by molar-refractivity contribution is 5.81. The molecule has 0 aromatic carbocycles. The summed E-state index contributed by atoms with van der Waals surface area (Å²) in [4.78, 5) is 4.08. The molecule has 0 bridgehead atoms. The van der Waals surface area contributed by atoms with Crippen molar-refractivity contribution in [3.8, 4) is 0 Å². The molecular weight excluding hydrogens is 126 g/mol. The molecule has 0 saturated carbocycles. The van der Waals surface area contributed by atoms with Gasteiger partial charge in [0.2, 0.25) is 0 Å². The van der Waals surface area contributed by atoms with Gasteiger partial charge in [0.05, 0.1) is 0 Å². The number of guanidine groups is 1.